The zero-order chi connectivity index (χ0) is 27.2. The van der Waals surface area contributed by atoms with Crippen LogP contribution < -0.4 is 16.5 Å². The third-order valence-corrected chi connectivity index (χ3v) is 8.74. The molecule has 0 amide bonds. The van der Waals surface area contributed by atoms with Crippen molar-refractivity contribution < 1.29 is 4.39 Å². The fraction of sp³-hybridized carbons (Fsp3) is 0.581. The Morgan fingerprint density at radius 1 is 1.24 bits per heavy atom. The van der Waals surface area contributed by atoms with Crippen LogP contribution in [0.2, 0.25) is 0 Å². The Labute approximate surface area is 227 Å². The number of pyridine rings is 1. The number of nitrogens with one attached hydrogen (secondary N) is 2. The third kappa shape index (κ3) is 6.49. The Morgan fingerprint density at radius 2 is 2.03 bits per heavy atom. The van der Waals surface area contributed by atoms with Gasteiger partial charge in [-0.15, -0.1) is 0 Å². The van der Waals surface area contributed by atoms with Crippen LogP contribution in [0.1, 0.15) is 70.2 Å². The number of rotatable bonds is 8. The Kier molecular flexibility index (Phi) is 9.66. The Morgan fingerprint density at radius 3 is 2.74 bits per heavy atom. The van der Waals surface area contributed by atoms with Gasteiger partial charge in [0.15, 0.2) is 0 Å². The molecule has 1 aliphatic carbocycles. The molecule has 2 aliphatic heterocycles. The number of hydrazone groups is 1. The van der Waals surface area contributed by atoms with Gasteiger partial charge in [-0.25, -0.2) is 9.37 Å². The van der Waals surface area contributed by atoms with E-state index in [9.17, 15) is 4.39 Å². The van der Waals surface area contributed by atoms with Crippen molar-refractivity contribution in [2.45, 2.75) is 83.8 Å². The predicted octanol–water partition coefficient (Wildman–Crippen LogP) is 5.25. The van der Waals surface area contributed by atoms with Gasteiger partial charge >= 0.3 is 0 Å². The molecule has 4 unspecified atom stereocenters. The van der Waals surface area contributed by atoms with Crippen LogP contribution in [0.15, 0.2) is 57.7 Å². The van der Waals surface area contributed by atoms with E-state index in [2.05, 4.69) is 58.4 Å². The quantitative estimate of drug-likeness (QED) is 0.323. The standard InChI is InChI=1S/C31H45FN6/c1-6-22(23(17-34-5)15-20(3)24-9-7-8-10-27(24)33)16-30-19(2)11-13-28(37-30)25-18-35-38-31(25)29-14-12-26(32)21(4)36-29/h6,12,14-15,17,19,24-25,27-28,30,35,37H,3,7-11,13,16,18,33H2,1-2,4-5H3/b22-6+,23-15+,34-17-/t19?,24-,25?,27+,28?,30?/m0/s1. The van der Waals surface area contributed by atoms with E-state index in [1.54, 1.807) is 13.0 Å². The van der Waals surface area contributed by atoms with E-state index in [-0.39, 0.29) is 23.8 Å². The van der Waals surface area contributed by atoms with Gasteiger partial charge in [-0.05, 0) is 86.6 Å². The highest BCUT2D eigenvalue weighted by atomic mass is 19.1. The van der Waals surface area contributed by atoms with Crippen molar-refractivity contribution in [3.8, 4) is 0 Å². The Hall–Kier alpha value is -2.64. The monoisotopic (exact) mass is 520 g/mol. The van der Waals surface area contributed by atoms with E-state index in [0.29, 0.717) is 23.6 Å². The topological polar surface area (TPSA) is 87.7 Å². The number of aromatic nitrogens is 1. The van der Waals surface area contributed by atoms with Crippen LogP contribution in [0, 0.1) is 30.5 Å². The van der Waals surface area contributed by atoms with Crippen LogP contribution >= 0.6 is 0 Å². The van der Waals surface area contributed by atoms with Gasteiger partial charge in [0.25, 0.3) is 0 Å². The van der Waals surface area contributed by atoms with Crippen molar-refractivity contribution in [3.63, 3.8) is 0 Å². The van der Waals surface area contributed by atoms with Gasteiger partial charge in [0.2, 0.25) is 0 Å². The summed E-state index contributed by atoms with van der Waals surface area (Å²) in [5.41, 5.74) is 15.3. The molecule has 38 heavy (non-hydrogen) atoms. The van der Waals surface area contributed by atoms with E-state index in [1.807, 2.05) is 13.3 Å². The van der Waals surface area contributed by atoms with Gasteiger partial charge in [0, 0.05) is 43.9 Å². The molecule has 0 radical (unpaired) electrons. The Balaban J connectivity index is 1.49. The third-order valence-electron chi connectivity index (χ3n) is 8.74. The summed E-state index contributed by atoms with van der Waals surface area (Å²) in [6, 6.07) is 4.03. The first-order valence-corrected chi connectivity index (χ1v) is 14.3. The van der Waals surface area contributed by atoms with Crippen LogP contribution in [-0.4, -0.2) is 48.6 Å². The van der Waals surface area contributed by atoms with E-state index >= 15 is 0 Å². The number of nitrogens with two attached hydrogens (primary N) is 1. The highest BCUT2D eigenvalue weighted by Gasteiger charge is 2.37. The molecule has 6 nitrogen and oxygen atoms in total. The molecule has 2 fully saturated rings. The second-order valence-corrected chi connectivity index (χ2v) is 11.3. The van der Waals surface area contributed by atoms with Gasteiger partial charge < -0.3 is 16.5 Å². The summed E-state index contributed by atoms with van der Waals surface area (Å²) in [6.07, 6.45) is 14.2. The SMILES string of the molecule is C=C(/C=C(\C=N/C)C(=C/C)/CC1NC(C2CNN=C2c2ccc(F)c(C)n2)CCC1C)[C@@H]1CCCC[C@H]1N. The largest absolute Gasteiger partial charge is 0.327 e. The van der Waals surface area contributed by atoms with E-state index in [4.69, 9.17) is 5.73 Å². The summed E-state index contributed by atoms with van der Waals surface area (Å²) < 4.78 is 13.8. The molecule has 3 aliphatic rings. The molecule has 0 bridgehead atoms. The zero-order valence-electron chi connectivity index (χ0n) is 23.5. The lowest BCUT2D eigenvalue weighted by atomic mass is 9.78. The maximum atomic E-state index is 13.8. The van der Waals surface area contributed by atoms with Crippen molar-refractivity contribution in [1.29, 1.82) is 0 Å². The second kappa shape index (κ2) is 12.9. The molecule has 0 spiro atoms. The lowest BCUT2D eigenvalue weighted by Crippen LogP contribution is -2.52. The molecule has 206 valence electrons. The first-order chi connectivity index (χ1) is 18.3. The molecule has 6 atom stereocenters. The predicted molar refractivity (Wildman–Crippen MR) is 156 cm³/mol. The van der Waals surface area contributed by atoms with E-state index in [1.165, 1.54) is 24.5 Å². The fourth-order valence-electron chi connectivity index (χ4n) is 6.34. The molecule has 1 aromatic rings. The number of hydrogen-bond acceptors (Lipinski definition) is 6. The van der Waals surface area contributed by atoms with Crippen LogP contribution in [0.25, 0.3) is 0 Å². The minimum atomic E-state index is -0.284. The van der Waals surface area contributed by atoms with Gasteiger partial charge in [-0.2, -0.15) is 5.10 Å². The van der Waals surface area contributed by atoms with Crippen molar-refractivity contribution >= 4 is 11.9 Å². The molecule has 1 saturated carbocycles. The molecule has 0 aromatic carbocycles. The van der Waals surface area contributed by atoms with E-state index in [0.717, 1.165) is 61.2 Å². The van der Waals surface area contributed by atoms with Crippen LogP contribution in [0.4, 0.5) is 4.39 Å². The highest BCUT2D eigenvalue weighted by molar-refractivity contribution is 6.02. The fourth-order valence-corrected chi connectivity index (χ4v) is 6.34. The minimum Gasteiger partial charge on any atom is -0.327 e. The average Bonchev–Trinajstić information content (AvgIpc) is 3.40. The molecule has 3 heterocycles. The first-order valence-electron chi connectivity index (χ1n) is 14.3. The number of allylic oxidation sites excluding steroid dienone is 3. The van der Waals surface area contributed by atoms with Crippen LogP contribution in [-0.2, 0) is 0 Å². The number of piperidine rings is 1. The summed E-state index contributed by atoms with van der Waals surface area (Å²) in [7, 11) is 1.83. The van der Waals surface area contributed by atoms with Crippen molar-refractivity contribution in [2.24, 2.45) is 33.6 Å². The molecule has 4 N–H and O–H groups in total. The summed E-state index contributed by atoms with van der Waals surface area (Å²) in [5, 5.41) is 8.55. The maximum Gasteiger partial charge on any atom is 0.144 e. The summed E-state index contributed by atoms with van der Waals surface area (Å²) in [5.74, 6) is 0.788. The average molecular weight is 521 g/mol. The molecule has 1 saturated heterocycles. The molecular formula is C31H45FN6. The Bertz CT molecular complexity index is 1120. The molecule has 4 rings (SSSR count). The number of hydrogen-bond donors (Lipinski definition) is 3. The van der Waals surface area contributed by atoms with Crippen molar-refractivity contribution in [1.82, 2.24) is 15.7 Å². The lowest BCUT2D eigenvalue weighted by molar-refractivity contribution is 0.221. The van der Waals surface area contributed by atoms with Crippen LogP contribution in [0.5, 0.6) is 0 Å². The van der Waals surface area contributed by atoms with E-state index < -0.39 is 0 Å². The summed E-state index contributed by atoms with van der Waals surface area (Å²) in [4.78, 5) is 8.87. The van der Waals surface area contributed by atoms with Gasteiger partial charge in [-0.3, -0.25) is 4.99 Å². The van der Waals surface area contributed by atoms with Crippen molar-refractivity contribution in [3.05, 3.63) is 64.8 Å². The number of nitrogens with zero attached hydrogens (tertiary/aromatic N) is 3. The van der Waals surface area contributed by atoms with Gasteiger partial charge in [-0.1, -0.05) is 38.5 Å². The normalized spacial score (nSPS) is 30.8. The number of halogens is 1. The second-order valence-electron chi connectivity index (χ2n) is 11.3. The molecule has 7 heteroatoms. The first kappa shape index (κ1) is 28.4. The van der Waals surface area contributed by atoms with Gasteiger partial charge in [0.05, 0.1) is 17.1 Å². The lowest BCUT2D eigenvalue weighted by Gasteiger charge is -2.39. The molecular weight excluding hydrogens is 475 g/mol. The highest BCUT2D eigenvalue weighted by Crippen LogP contribution is 2.33. The summed E-state index contributed by atoms with van der Waals surface area (Å²) in [6.45, 7) is 11.3. The minimum absolute atomic E-state index is 0.191. The smallest absolute Gasteiger partial charge is 0.144 e. The number of aliphatic imine (C=N–C) groups is 1. The maximum absolute atomic E-state index is 13.8. The zero-order valence-corrected chi connectivity index (χ0v) is 23.5. The van der Waals surface area contributed by atoms with Crippen LogP contribution in [0.3, 0.4) is 0 Å². The van der Waals surface area contributed by atoms with Gasteiger partial charge in [0.1, 0.15) is 5.82 Å². The molecule has 1 aromatic heterocycles. The summed E-state index contributed by atoms with van der Waals surface area (Å²) >= 11 is 0. The van der Waals surface area contributed by atoms with Crippen molar-refractivity contribution in [2.75, 3.05) is 13.6 Å². The number of aryl methyl sites for hydroxylation is 1.